The number of hydrogen-bond donors (Lipinski definition) is 1. The minimum absolute atomic E-state index is 0. The number of aryl methyl sites for hydroxylation is 1. The molecule has 0 heterocycles. The Bertz CT molecular complexity index is 700. The van der Waals surface area contributed by atoms with E-state index in [1.165, 1.54) is 12.1 Å². The van der Waals surface area contributed by atoms with E-state index in [4.69, 9.17) is 4.55 Å². The van der Waals surface area contributed by atoms with Gasteiger partial charge in [0.25, 0.3) is 10.1 Å². The predicted molar refractivity (Wildman–Crippen MR) is 96.8 cm³/mol. The Balaban J connectivity index is 0. The maximum Gasteiger partial charge on any atom is 1.00 e. The first-order valence-corrected chi connectivity index (χ1v) is 10.7. The molecule has 1 aromatic carbocycles. The quantitative estimate of drug-likeness (QED) is 0.167. The van der Waals surface area contributed by atoms with Crippen LogP contribution in [0.15, 0.2) is 29.2 Å². The van der Waals surface area contributed by atoms with Gasteiger partial charge in [-0.1, -0.05) is 50.7 Å². The SMILES string of the molecule is O=S(=O)(O)c1ccc(CCCCCCCCCCN(C(F)(F)F)C(F)(F)F)cc1.[H-].[Na+]. The molecule has 0 spiro atoms. The molecule has 0 unspecified atom stereocenters. The van der Waals surface area contributed by atoms with Crippen LogP contribution in [0.4, 0.5) is 26.3 Å². The maximum atomic E-state index is 12.3. The molecule has 0 atom stereocenters. The third-order valence-corrected chi connectivity index (χ3v) is 5.30. The van der Waals surface area contributed by atoms with Crippen LogP contribution in [0.3, 0.4) is 0 Å². The first-order valence-electron chi connectivity index (χ1n) is 9.29. The van der Waals surface area contributed by atoms with Crippen LogP contribution < -0.4 is 29.6 Å². The summed E-state index contributed by atoms with van der Waals surface area (Å²) in [5.74, 6) is 0. The Kier molecular flexibility index (Phi) is 13.1. The number of unbranched alkanes of at least 4 members (excludes halogenated alkanes) is 7. The normalized spacial score (nSPS) is 12.8. The van der Waals surface area contributed by atoms with Crippen LogP contribution in [0.2, 0.25) is 0 Å². The van der Waals surface area contributed by atoms with Crippen molar-refractivity contribution in [2.45, 2.75) is 75.3 Å². The molecule has 0 saturated heterocycles. The topological polar surface area (TPSA) is 57.6 Å². The minimum atomic E-state index is -5.41. The van der Waals surface area contributed by atoms with Gasteiger partial charge in [-0.05, 0) is 37.0 Å². The van der Waals surface area contributed by atoms with Crippen molar-refractivity contribution in [1.29, 1.82) is 0 Å². The summed E-state index contributed by atoms with van der Waals surface area (Å²) in [6, 6.07) is 5.94. The van der Waals surface area contributed by atoms with Crippen LogP contribution in [0, 0.1) is 0 Å². The fourth-order valence-corrected chi connectivity index (χ4v) is 3.37. The molecule has 1 N–H and O–H groups in total. The van der Waals surface area contributed by atoms with Gasteiger partial charge in [0.1, 0.15) is 0 Å². The summed E-state index contributed by atoms with van der Waals surface area (Å²) in [5, 5.41) is 0. The molecular weight excluding hydrogens is 447 g/mol. The van der Waals surface area contributed by atoms with E-state index in [-0.39, 0.29) is 42.3 Å². The van der Waals surface area contributed by atoms with Crippen LogP contribution in [0.5, 0.6) is 0 Å². The molecule has 12 heteroatoms. The van der Waals surface area contributed by atoms with Gasteiger partial charge in [-0.25, -0.2) is 0 Å². The van der Waals surface area contributed by atoms with Crippen LogP contribution in [-0.4, -0.2) is 37.0 Å². The molecule has 0 radical (unpaired) electrons. The van der Waals surface area contributed by atoms with E-state index in [0.717, 1.165) is 44.1 Å². The van der Waals surface area contributed by atoms with Crippen molar-refractivity contribution in [3.05, 3.63) is 29.8 Å². The van der Waals surface area contributed by atoms with E-state index in [9.17, 15) is 34.8 Å². The fraction of sp³-hybridized carbons (Fsp3) is 0.667. The van der Waals surface area contributed by atoms with Gasteiger partial charge >= 0.3 is 42.2 Å². The predicted octanol–water partition coefficient (Wildman–Crippen LogP) is 3.05. The van der Waals surface area contributed by atoms with Crippen molar-refractivity contribution >= 4 is 10.1 Å². The van der Waals surface area contributed by atoms with Crippen molar-refractivity contribution < 1.29 is 70.3 Å². The van der Waals surface area contributed by atoms with Crippen LogP contribution in [-0.2, 0) is 16.5 Å². The van der Waals surface area contributed by atoms with Gasteiger partial charge in [0.15, 0.2) is 0 Å². The zero-order chi connectivity index (χ0) is 22.1. The largest absolute Gasteiger partial charge is 1.00 e. The minimum Gasteiger partial charge on any atom is -1.00 e. The van der Waals surface area contributed by atoms with E-state index in [1.54, 1.807) is 12.1 Å². The van der Waals surface area contributed by atoms with Gasteiger partial charge in [0.05, 0.1) is 4.90 Å². The molecule has 0 aromatic heterocycles. The standard InChI is InChI=1S/C18H25F6NO3S.Na.H/c19-17(20,21)25(18(22,23)24)14-8-6-4-2-1-3-5-7-9-15-10-12-16(13-11-15)29(26,27)28;;/h10-13H,1-9,14H2,(H,26,27,28);;/q;+1;-1. The molecule has 0 bridgehead atoms. The Hall–Kier alpha value is -0.330. The molecular formula is C18H26F6NNaO3S. The second-order valence-electron chi connectivity index (χ2n) is 6.78. The van der Waals surface area contributed by atoms with Crippen LogP contribution >= 0.6 is 0 Å². The summed E-state index contributed by atoms with van der Waals surface area (Å²) in [7, 11) is -4.20. The van der Waals surface area contributed by atoms with E-state index in [0.29, 0.717) is 12.8 Å². The average molecular weight is 473 g/mol. The van der Waals surface area contributed by atoms with Gasteiger partial charge in [-0.3, -0.25) is 4.55 Å². The van der Waals surface area contributed by atoms with Crippen molar-refractivity contribution in [2.24, 2.45) is 0 Å². The number of hydrogen-bond acceptors (Lipinski definition) is 3. The molecule has 0 aliphatic heterocycles. The molecule has 170 valence electrons. The smallest absolute Gasteiger partial charge is 1.00 e. The number of benzene rings is 1. The second-order valence-corrected chi connectivity index (χ2v) is 8.21. The summed E-state index contributed by atoms with van der Waals surface area (Å²) >= 11 is 0. The zero-order valence-electron chi connectivity index (χ0n) is 17.8. The summed E-state index contributed by atoms with van der Waals surface area (Å²) in [4.78, 5) is -1.54. The Morgan fingerprint density at radius 2 is 1.17 bits per heavy atom. The molecule has 4 nitrogen and oxygen atoms in total. The summed E-state index contributed by atoms with van der Waals surface area (Å²) in [5.41, 5.74) is 0.941. The maximum absolute atomic E-state index is 12.3. The van der Waals surface area contributed by atoms with Gasteiger partial charge in [-0.15, -0.1) is 4.90 Å². The number of nitrogens with zero attached hydrogens (tertiary/aromatic N) is 1. The summed E-state index contributed by atoms with van der Waals surface area (Å²) < 4.78 is 105. The molecule has 0 fully saturated rings. The first-order chi connectivity index (χ1) is 13.3. The Labute approximate surface area is 196 Å². The van der Waals surface area contributed by atoms with Gasteiger partial charge in [-0.2, -0.15) is 34.8 Å². The van der Waals surface area contributed by atoms with Crippen LogP contribution in [0.1, 0.15) is 58.4 Å². The molecule has 0 saturated carbocycles. The monoisotopic (exact) mass is 473 g/mol. The van der Waals surface area contributed by atoms with E-state index in [2.05, 4.69) is 0 Å². The van der Waals surface area contributed by atoms with Crippen molar-refractivity contribution in [2.75, 3.05) is 6.54 Å². The third-order valence-electron chi connectivity index (χ3n) is 4.43. The zero-order valence-corrected chi connectivity index (χ0v) is 19.6. The van der Waals surface area contributed by atoms with Gasteiger partial charge in [0.2, 0.25) is 0 Å². The molecule has 0 aliphatic rings. The molecule has 1 rings (SSSR count). The molecule has 0 amide bonds. The Morgan fingerprint density at radius 1 is 0.767 bits per heavy atom. The first kappa shape index (κ1) is 29.7. The van der Waals surface area contributed by atoms with E-state index >= 15 is 0 Å². The van der Waals surface area contributed by atoms with Crippen LogP contribution in [0.25, 0.3) is 0 Å². The van der Waals surface area contributed by atoms with Crippen molar-refractivity contribution in [3.8, 4) is 0 Å². The number of rotatable bonds is 12. The van der Waals surface area contributed by atoms with Gasteiger partial charge < -0.3 is 1.43 Å². The molecule has 0 aliphatic carbocycles. The molecule has 30 heavy (non-hydrogen) atoms. The fourth-order valence-electron chi connectivity index (χ4n) is 2.89. The van der Waals surface area contributed by atoms with Crippen molar-refractivity contribution in [3.63, 3.8) is 0 Å². The number of halogens is 6. The van der Waals surface area contributed by atoms with E-state index in [1.807, 2.05) is 0 Å². The Morgan fingerprint density at radius 3 is 1.57 bits per heavy atom. The summed E-state index contributed by atoms with van der Waals surface area (Å²) in [6.07, 6.45) is -5.06. The summed E-state index contributed by atoms with van der Waals surface area (Å²) in [6.45, 7) is -1.08. The molecule has 1 aromatic rings. The van der Waals surface area contributed by atoms with Crippen molar-refractivity contribution in [1.82, 2.24) is 4.90 Å². The third kappa shape index (κ3) is 11.9. The second kappa shape index (κ2) is 13.3. The average Bonchev–Trinajstić information content (AvgIpc) is 2.57. The number of alkyl halides is 6. The van der Waals surface area contributed by atoms with Gasteiger partial charge in [0, 0.05) is 6.54 Å². The van der Waals surface area contributed by atoms with E-state index < -0.39 is 34.2 Å².